The third-order valence-electron chi connectivity index (χ3n) is 3.48. The van der Waals surface area contributed by atoms with Crippen molar-refractivity contribution in [3.05, 3.63) is 18.0 Å². The molecule has 0 radical (unpaired) electrons. The molecule has 1 aliphatic rings. The van der Waals surface area contributed by atoms with Crippen LogP contribution in [-0.2, 0) is 6.54 Å². The summed E-state index contributed by atoms with van der Waals surface area (Å²) in [5, 5.41) is 0. The van der Waals surface area contributed by atoms with Crippen molar-refractivity contribution in [2.75, 3.05) is 19.9 Å². The van der Waals surface area contributed by atoms with E-state index in [4.69, 9.17) is 9.47 Å². The minimum atomic E-state index is 0.301. The number of nitrogens with zero attached hydrogens (tertiary/aromatic N) is 2. The van der Waals surface area contributed by atoms with Gasteiger partial charge in [0, 0.05) is 12.1 Å². The molecule has 2 aromatic rings. The molecule has 3 rings (SSSR count). The Balaban J connectivity index is 1.82. The predicted octanol–water partition coefficient (Wildman–Crippen LogP) is 2.91. The lowest BCUT2D eigenvalue weighted by Gasteiger charge is -2.19. The summed E-state index contributed by atoms with van der Waals surface area (Å²) in [4.78, 5) is 10.5. The summed E-state index contributed by atoms with van der Waals surface area (Å²) >= 11 is 0. The average molecular weight is 275 g/mol. The molecule has 108 valence electrons. The van der Waals surface area contributed by atoms with Crippen LogP contribution in [0.3, 0.4) is 0 Å². The molecule has 1 aliphatic heterocycles. The SMILES string of the molecule is CCCN(CCC)Cc1nc2cc3c(cc2[nH]1)OCO3. The van der Waals surface area contributed by atoms with E-state index in [1.54, 1.807) is 0 Å². The highest BCUT2D eigenvalue weighted by atomic mass is 16.7. The van der Waals surface area contributed by atoms with Gasteiger partial charge >= 0.3 is 0 Å². The number of fused-ring (bicyclic) bond motifs is 2. The maximum absolute atomic E-state index is 5.39. The number of rotatable bonds is 6. The first-order valence-electron chi connectivity index (χ1n) is 7.30. The summed E-state index contributed by atoms with van der Waals surface area (Å²) in [5.74, 6) is 2.59. The average Bonchev–Trinajstić information content (AvgIpc) is 3.01. The fourth-order valence-electron chi connectivity index (χ4n) is 2.64. The quantitative estimate of drug-likeness (QED) is 0.880. The zero-order valence-corrected chi connectivity index (χ0v) is 12.1. The van der Waals surface area contributed by atoms with Gasteiger partial charge in [-0.3, -0.25) is 4.90 Å². The fraction of sp³-hybridized carbons (Fsp3) is 0.533. The van der Waals surface area contributed by atoms with Crippen LogP contribution in [0.5, 0.6) is 11.5 Å². The van der Waals surface area contributed by atoms with Gasteiger partial charge in [-0.05, 0) is 25.9 Å². The molecule has 2 heterocycles. The molecule has 20 heavy (non-hydrogen) atoms. The Morgan fingerprint density at radius 1 is 1.15 bits per heavy atom. The Labute approximate surface area is 118 Å². The summed E-state index contributed by atoms with van der Waals surface area (Å²) in [6, 6.07) is 3.92. The summed E-state index contributed by atoms with van der Waals surface area (Å²) in [5.41, 5.74) is 1.95. The van der Waals surface area contributed by atoms with Gasteiger partial charge in [0.05, 0.1) is 17.6 Å². The molecular formula is C15H21N3O2. The lowest BCUT2D eigenvalue weighted by atomic mass is 10.3. The first-order valence-corrected chi connectivity index (χ1v) is 7.30. The molecule has 5 heteroatoms. The standard InChI is InChI=1S/C15H21N3O2/c1-3-5-18(6-4-2)9-15-16-11-7-13-14(20-10-19-13)8-12(11)17-15/h7-8H,3-6,9-10H2,1-2H3,(H,16,17). The second-order valence-corrected chi connectivity index (χ2v) is 5.18. The highest BCUT2D eigenvalue weighted by Crippen LogP contribution is 2.35. The minimum absolute atomic E-state index is 0.301. The zero-order chi connectivity index (χ0) is 13.9. The molecule has 0 fully saturated rings. The van der Waals surface area contributed by atoms with Crippen LogP contribution in [0.2, 0.25) is 0 Å². The largest absolute Gasteiger partial charge is 0.454 e. The van der Waals surface area contributed by atoms with Gasteiger partial charge in [0.2, 0.25) is 6.79 Å². The summed E-state index contributed by atoms with van der Waals surface area (Å²) in [6.07, 6.45) is 2.33. The van der Waals surface area contributed by atoms with Crippen LogP contribution in [0.1, 0.15) is 32.5 Å². The smallest absolute Gasteiger partial charge is 0.231 e. The Bertz CT molecular complexity index is 547. The van der Waals surface area contributed by atoms with Crippen molar-refractivity contribution in [2.24, 2.45) is 0 Å². The highest BCUT2D eigenvalue weighted by Gasteiger charge is 2.16. The van der Waals surface area contributed by atoms with Crippen LogP contribution >= 0.6 is 0 Å². The molecule has 0 atom stereocenters. The minimum Gasteiger partial charge on any atom is -0.454 e. The molecule has 0 amide bonds. The summed E-state index contributed by atoms with van der Waals surface area (Å²) in [7, 11) is 0. The van der Waals surface area contributed by atoms with E-state index in [-0.39, 0.29) is 0 Å². The van der Waals surface area contributed by atoms with Gasteiger partial charge in [0.15, 0.2) is 11.5 Å². The highest BCUT2D eigenvalue weighted by molar-refractivity contribution is 5.80. The van der Waals surface area contributed by atoms with E-state index in [1.807, 2.05) is 12.1 Å². The van der Waals surface area contributed by atoms with Crippen molar-refractivity contribution in [3.8, 4) is 11.5 Å². The van der Waals surface area contributed by atoms with Crippen LogP contribution < -0.4 is 9.47 Å². The van der Waals surface area contributed by atoms with Crippen LogP contribution in [0.25, 0.3) is 11.0 Å². The monoisotopic (exact) mass is 275 g/mol. The molecule has 0 saturated carbocycles. The van der Waals surface area contributed by atoms with Crippen molar-refractivity contribution in [1.29, 1.82) is 0 Å². The van der Waals surface area contributed by atoms with Crippen LogP contribution in [0.15, 0.2) is 12.1 Å². The normalized spacial score (nSPS) is 13.6. The number of hydrogen-bond acceptors (Lipinski definition) is 4. The van der Waals surface area contributed by atoms with Gasteiger partial charge in [-0.1, -0.05) is 13.8 Å². The zero-order valence-electron chi connectivity index (χ0n) is 12.1. The number of ether oxygens (including phenoxy) is 2. The molecule has 0 unspecified atom stereocenters. The molecule has 0 bridgehead atoms. The molecule has 0 saturated heterocycles. The molecular weight excluding hydrogens is 254 g/mol. The number of aromatic nitrogens is 2. The van der Waals surface area contributed by atoms with E-state index in [9.17, 15) is 0 Å². The van der Waals surface area contributed by atoms with E-state index >= 15 is 0 Å². The van der Waals surface area contributed by atoms with E-state index in [2.05, 4.69) is 28.7 Å². The van der Waals surface area contributed by atoms with Crippen molar-refractivity contribution in [1.82, 2.24) is 14.9 Å². The van der Waals surface area contributed by atoms with Gasteiger partial charge in [-0.2, -0.15) is 0 Å². The Hall–Kier alpha value is -1.75. The lowest BCUT2D eigenvalue weighted by molar-refractivity contribution is 0.174. The van der Waals surface area contributed by atoms with Crippen LogP contribution in [0, 0.1) is 0 Å². The summed E-state index contributed by atoms with van der Waals surface area (Å²) in [6.45, 7) is 7.79. The first-order chi connectivity index (χ1) is 9.80. The molecule has 1 aromatic heterocycles. The van der Waals surface area contributed by atoms with Crippen LogP contribution in [0.4, 0.5) is 0 Å². The Morgan fingerprint density at radius 3 is 2.55 bits per heavy atom. The fourth-order valence-corrected chi connectivity index (χ4v) is 2.64. The Kier molecular flexibility index (Phi) is 3.78. The number of hydrogen-bond donors (Lipinski definition) is 1. The third kappa shape index (κ3) is 2.58. The molecule has 1 N–H and O–H groups in total. The van der Waals surface area contributed by atoms with Gasteiger partial charge in [0.25, 0.3) is 0 Å². The second-order valence-electron chi connectivity index (χ2n) is 5.18. The van der Waals surface area contributed by atoms with Crippen molar-refractivity contribution < 1.29 is 9.47 Å². The van der Waals surface area contributed by atoms with Gasteiger partial charge in [0.1, 0.15) is 5.82 Å². The number of benzene rings is 1. The first kappa shape index (κ1) is 13.2. The van der Waals surface area contributed by atoms with Gasteiger partial charge in [-0.15, -0.1) is 0 Å². The van der Waals surface area contributed by atoms with Crippen LogP contribution in [-0.4, -0.2) is 34.8 Å². The maximum atomic E-state index is 5.39. The molecule has 1 aromatic carbocycles. The van der Waals surface area contributed by atoms with Crippen molar-refractivity contribution >= 4 is 11.0 Å². The van der Waals surface area contributed by atoms with E-state index in [0.717, 1.165) is 60.8 Å². The molecule has 0 spiro atoms. The molecule has 0 aliphatic carbocycles. The maximum Gasteiger partial charge on any atom is 0.231 e. The second kappa shape index (κ2) is 5.71. The number of aromatic amines is 1. The number of H-pyrrole nitrogens is 1. The molecule has 5 nitrogen and oxygen atoms in total. The predicted molar refractivity (Wildman–Crippen MR) is 78.1 cm³/mol. The topological polar surface area (TPSA) is 50.4 Å². The number of nitrogens with one attached hydrogen (secondary N) is 1. The van der Waals surface area contributed by atoms with Crippen molar-refractivity contribution in [3.63, 3.8) is 0 Å². The summed E-state index contributed by atoms with van der Waals surface area (Å²) < 4.78 is 10.8. The lowest BCUT2D eigenvalue weighted by Crippen LogP contribution is -2.25. The van der Waals surface area contributed by atoms with Crippen molar-refractivity contribution in [2.45, 2.75) is 33.2 Å². The third-order valence-corrected chi connectivity index (χ3v) is 3.48. The van der Waals surface area contributed by atoms with E-state index in [0.29, 0.717) is 6.79 Å². The Morgan fingerprint density at radius 2 is 1.85 bits per heavy atom. The van der Waals surface area contributed by atoms with Gasteiger partial charge in [-0.25, -0.2) is 4.98 Å². The van der Waals surface area contributed by atoms with E-state index < -0.39 is 0 Å². The van der Waals surface area contributed by atoms with E-state index in [1.165, 1.54) is 0 Å². The number of imidazole rings is 1. The van der Waals surface area contributed by atoms with Gasteiger partial charge < -0.3 is 14.5 Å².